The van der Waals surface area contributed by atoms with Crippen molar-refractivity contribution in [2.24, 2.45) is 0 Å². The predicted octanol–water partition coefficient (Wildman–Crippen LogP) is 1.79. The molecule has 0 atom stereocenters. The first-order valence-electron chi connectivity index (χ1n) is 4.73. The van der Waals surface area contributed by atoms with Gasteiger partial charge in [0.15, 0.2) is 0 Å². The van der Waals surface area contributed by atoms with Gasteiger partial charge in [0.2, 0.25) is 0 Å². The van der Waals surface area contributed by atoms with Crippen molar-refractivity contribution >= 4 is 11.8 Å². The fourth-order valence-corrected chi connectivity index (χ4v) is 0.856. The minimum absolute atomic E-state index is 0.329. The highest BCUT2D eigenvalue weighted by Gasteiger charge is 2.06. The first-order valence-corrected chi connectivity index (χ1v) is 4.73. The number of nitrogens with one attached hydrogen (secondary N) is 1. The summed E-state index contributed by atoms with van der Waals surface area (Å²) in [5.41, 5.74) is 0. The largest absolute Gasteiger partial charge is 0.289 e. The highest BCUT2D eigenvalue weighted by atomic mass is 16.2. The van der Waals surface area contributed by atoms with Gasteiger partial charge in [-0.05, 0) is 0 Å². The van der Waals surface area contributed by atoms with E-state index in [0.29, 0.717) is 0 Å². The third-order valence-corrected chi connectivity index (χ3v) is 1.59. The zero-order chi connectivity index (χ0) is 10.1. The molecule has 0 bridgehead atoms. The van der Waals surface area contributed by atoms with Crippen LogP contribution >= 0.6 is 0 Å². The third kappa shape index (κ3) is 7.25. The molecule has 1 aliphatic heterocycles. The first kappa shape index (κ1) is 11.9. The lowest BCUT2D eigenvalue weighted by molar-refractivity contribution is -0.123. The molecule has 0 aromatic rings. The molecule has 0 radical (unpaired) electrons. The molecule has 3 nitrogen and oxygen atoms in total. The Balaban J connectivity index is 0.000000226. The van der Waals surface area contributed by atoms with E-state index in [9.17, 15) is 9.59 Å². The second-order valence-corrected chi connectivity index (χ2v) is 2.89. The minimum Gasteiger partial charge on any atom is -0.289 e. The zero-order valence-electron chi connectivity index (χ0n) is 8.30. The second-order valence-electron chi connectivity index (χ2n) is 2.89. The Hall–Kier alpha value is -1.12. The SMILES string of the molecule is CCCCCC.O=C1C=CC(=O)N1. The molecule has 13 heavy (non-hydrogen) atoms. The summed E-state index contributed by atoms with van der Waals surface area (Å²) in [5, 5.41) is 2.03. The van der Waals surface area contributed by atoms with Crippen molar-refractivity contribution in [3.63, 3.8) is 0 Å². The molecule has 1 aliphatic rings. The van der Waals surface area contributed by atoms with Gasteiger partial charge in [-0.15, -0.1) is 0 Å². The van der Waals surface area contributed by atoms with Crippen LogP contribution < -0.4 is 5.32 Å². The molecule has 3 heteroatoms. The maximum atomic E-state index is 10.0. The highest BCUT2D eigenvalue weighted by Crippen LogP contribution is 1.95. The quantitative estimate of drug-likeness (QED) is 0.535. The maximum Gasteiger partial charge on any atom is 0.250 e. The Morgan fingerprint density at radius 2 is 1.38 bits per heavy atom. The van der Waals surface area contributed by atoms with Gasteiger partial charge in [0.1, 0.15) is 0 Å². The van der Waals surface area contributed by atoms with Crippen molar-refractivity contribution in [1.29, 1.82) is 0 Å². The van der Waals surface area contributed by atoms with E-state index in [1.807, 2.05) is 5.32 Å². The molecule has 2 amide bonds. The number of unbranched alkanes of at least 4 members (excludes halogenated alkanes) is 3. The topological polar surface area (TPSA) is 46.2 Å². The molecule has 0 aliphatic carbocycles. The van der Waals surface area contributed by atoms with Crippen molar-refractivity contribution in [1.82, 2.24) is 5.32 Å². The van der Waals surface area contributed by atoms with E-state index in [4.69, 9.17) is 0 Å². The zero-order valence-corrected chi connectivity index (χ0v) is 8.30. The Morgan fingerprint density at radius 3 is 1.54 bits per heavy atom. The molecule has 1 rings (SSSR count). The Kier molecular flexibility index (Phi) is 6.88. The number of carbonyl (C=O) groups excluding carboxylic acids is 2. The normalized spacial score (nSPS) is 13.7. The van der Waals surface area contributed by atoms with Crippen LogP contribution in [-0.4, -0.2) is 11.8 Å². The third-order valence-electron chi connectivity index (χ3n) is 1.59. The average molecular weight is 183 g/mol. The number of amides is 2. The van der Waals surface area contributed by atoms with Crippen molar-refractivity contribution in [3.05, 3.63) is 12.2 Å². The molecule has 74 valence electrons. The van der Waals surface area contributed by atoms with Crippen LogP contribution in [0.15, 0.2) is 12.2 Å². The minimum atomic E-state index is -0.329. The molecule has 0 aromatic heterocycles. The molecule has 0 unspecified atom stereocenters. The summed E-state index contributed by atoms with van der Waals surface area (Å²) >= 11 is 0. The van der Waals surface area contributed by atoms with Crippen LogP contribution in [0.2, 0.25) is 0 Å². The van der Waals surface area contributed by atoms with Crippen molar-refractivity contribution in [2.45, 2.75) is 39.5 Å². The Bertz CT molecular complexity index is 177. The van der Waals surface area contributed by atoms with Crippen LogP contribution in [-0.2, 0) is 9.59 Å². The number of rotatable bonds is 3. The van der Waals surface area contributed by atoms with Gasteiger partial charge in [-0.3, -0.25) is 14.9 Å². The van der Waals surface area contributed by atoms with E-state index in [2.05, 4.69) is 13.8 Å². The smallest absolute Gasteiger partial charge is 0.250 e. The second kappa shape index (κ2) is 7.53. The fourth-order valence-electron chi connectivity index (χ4n) is 0.856. The van der Waals surface area contributed by atoms with E-state index in [0.717, 1.165) is 0 Å². The van der Waals surface area contributed by atoms with Crippen LogP contribution in [0.25, 0.3) is 0 Å². The van der Waals surface area contributed by atoms with Crippen molar-refractivity contribution in [2.75, 3.05) is 0 Å². The summed E-state index contributed by atoms with van der Waals surface area (Å²) in [6.07, 6.45) is 7.93. The Labute approximate surface area is 79.2 Å². The lowest BCUT2D eigenvalue weighted by Crippen LogP contribution is -2.19. The highest BCUT2D eigenvalue weighted by molar-refractivity contribution is 6.12. The monoisotopic (exact) mass is 183 g/mol. The van der Waals surface area contributed by atoms with Gasteiger partial charge in [0, 0.05) is 12.2 Å². The summed E-state index contributed by atoms with van der Waals surface area (Å²) < 4.78 is 0. The van der Waals surface area contributed by atoms with E-state index in [-0.39, 0.29) is 11.8 Å². The van der Waals surface area contributed by atoms with Gasteiger partial charge in [0.25, 0.3) is 11.8 Å². The number of imide groups is 1. The van der Waals surface area contributed by atoms with Gasteiger partial charge in [-0.1, -0.05) is 39.5 Å². The molecule has 1 heterocycles. The lowest BCUT2D eigenvalue weighted by Gasteiger charge is -1.86. The van der Waals surface area contributed by atoms with Crippen LogP contribution in [0.1, 0.15) is 39.5 Å². The molecule has 0 fully saturated rings. The average Bonchev–Trinajstić information content (AvgIpc) is 2.47. The van der Waals surface area contributed by atoms with E-state index in [1.165, 1.54) is 37.8 Å². The molecular formula is C10H17NO2. The van der Waals surface area contributed by atoms with Gasteiger partial charge >= 0.3 is 0 Å². The summed E-state index contributed by atoms with van der Waals surface area (Å²) in [7, 11) is 0. The number of carbonyl (C=O) groups is 2. The summed E-state index contributed by atoms with van der Waals surface area (Å²) in [6.45, 7) is 4.46. The van der Waals surface area contributed by atoms with Crippen molar-refractivity contribution in [3.8, 4) is 0 Å². The molecule has 0 saturated carbocycles. The summed E-state index contributed by atoms with van der Waals surface area (Å²) in [6, 6.07) is 0. The first-order chi connectivity index (χ1) is 6.20. The van der Waals surface area contributed by atoms with Gasteiger partial charge in [-0.25, -0.2) is 0 Å². The maximum absolute atomic E-state index is 10.0. The van der Waals surface area contributed by atoms with Crippen molar-refractivity contribution < 1.29 is 9.59 Å². The standard InChI is InChI=1S/C6H14.C4H3NO2/c1-3-5-6-4-2;6-3-1-2-4(7)5-3/h3-6H2,1-2H3;1-2H,(H,5,6,7). The molecule has 1 N–H and O–H groups in total. The Morgan fingerprint density at radius 1 is 1.00 bits per heavy atom. The van der Waals surface area contributed by atoms with Crippen LogP contribution in [0.3, 0.4) is 0 Å². The summed E-state index contributed by atoms with van der Waals surface area (Å²) in [5.74, 6) is -0.657. The fraction of sp³-hybridized carbons (Fsp3) is 0.600. The van der Waals surface area contributed by atoms with Crippen LogP contribution in [0.4, 0.5) is 0 Å². The van der Waals surface area contributed by atoms with Gasteiger partial charge < -0.3 is 0 Å². The number of hydrogen-bond donors (Lipinski definition) is 1. The molecule has 0 aromatic carbocycles. The van der Waals surface area contributed by atoms with Gasteiger partial charge in [0.05, 0.1) is 0 Å². The molecule has 0 saturated heterocycles. The van der Waals surface area contributed by atoms with Gasteiger partial charge in [-0.2, -0.15) is 0 Å². The van der Waals surface area contributed by atoms with E-state index < -0.39 is 0 Å². The van der Waals surface area contributed by atoms with Crippen LogP contribution in [0, 0.1) is 0 Å². The van der Waals surface area contributed by atoms with Crippen LogP contribution in [0.5, 0.6) is 0 Å². The predicted molar refractivity (Wildman–Crippen MR) is 52.1 cm³/mol. The number of hydrogen-bond acceptors (Lipinski definition) is 2. The lowest BCUT2D eigenvalue weighted by atomic mass is 10.2. The molecule has 0 spiro atoms. The van der Waals surface area contributed by atoms with E-state index in [1.54, 1.807) is 0 Å². The van der Waals surface area contributed by atoms with E-state index >= 15 is 0 Å². The molecular weight excluding hydrogens is 166 g/mol. The summed E-state index contributed by atoms with van der Waals surface area (Å²) in [4.78, 5) is 20.1.